The number of likely N-dealkylation sites (tertiary alicyclic amines) is 1. The molecule has 2 atom stereocenters. The molecule has 4 nitrogen and oxygen atoms in total. The van der Waals surface area contributed by atoms with Crippen LogP contribution in [0.1, 0.15) is 36.5 Å². The SMILES string of the molecule is CC1CCCC(CN)N1C(=O)c1cc(Br)ccc1O. The Morgan fingerprint density at radius 2 is 2.26 bits per heavy atom. The largest absolute Gasteiger partial charge is 0.507 e. The summed E-state index contributed by atoms with van der Waals surface area (Å²) in [4.78, 5) is 14.5. The molecule has 1 aromatic carbocycles. The van der Waals surface area contributed by atoms with Crippen LogP contribution in [-0.4, -0.2) is 34.5 Å². The van der Waals surface area contributed by atoms with Crippen LogP contribution in [0.25, 0.3) is 0 Å². The van der Waals surface area contributed by atoms with Gasteiger partial charge in [0.15, 0.2) is 0 Å². The smallest absolute Gasteiger partial charge is 0.258 e. The second kappa shape index (κ2) is 5.92. The first kappa shape index (κ1) is 14.3. The van der Waals surface area contributed by atoms with E-state index in [1.807, 2.05) is 11.8 Å². The van der Waals surface area contributed by atoms with E-state index in [-0.39, 0.29) is 23.7 Å². The van der Waals surface area contributed by atoms with Crippen LogP contribution in [0, 0.1) is 0 Å². The van der Waals surface area contributed by atoms with Gasteiger partial charge in [-0.2, -0.15) is 0 Å². The number of amides is 1. The number of hydrogen-bond acceptors (Lipinski definition) is 3. The Kier molecular flexibility index (Phi) is 4.47. The van der Waals surface area contributed by atoms with E-state index in [0.717, 1.165) is 23.7 Å². The molecule has 19 heavy (non-hydrogen) atoms. The standard InChI is InChI=1S/C14H19BrN2O2/c1-9-3-2-4-11(8-16)17(9)14(19)12-7-10(15)5-6-13(12)18/h5-7,9,11,18H,2-4,8,16H2,1H3. The van der Waals surface area contributed by atoms with Crippen LogP contribution in [0.5, 0.6) is 5.75 Å². The summed E-state index contributed by atoms with van der Waals surface area (Å²) in [6, 6.07) is 5.13. The number of aromatic hydroxyl groups is 1. The van der Waals surface area contributed by atoms with E-state index in [0.29, 0.717) is 12.1 Å². The highest BCUT2D eigenvalue weighted by atomic mass is 79.9. The summed E-state index contributed by atoms with van der Waals surface area (Å²) in [5.41, 5.74) is 6.11. The van der Waals surface area contributed by atoms with Crippen LogP contribution in [0.4, 0.5) is 0 Å². The monoisotopic (exact) mass is 326 g/mol. The number of halogens is 1. The molecule has 1 heterocycles. The first-order valence-electron chi connectivity index (χ1n) is 6.56. The fourth-order valence-corrected chi connectivity index (χ4v) is 3.06. The predicted molar refractivity (Wildman–Crippen MR) is 78.1 cm³/mol. The zero-order chi connectivity index (χ0) is 14.0. The zero-order valence-electron chi connectivity index (χ0n) is 11.0. The second-order valence-corrected chi connectivity index (χ2v) is 5.96. The number of carbonyl (C=O) groups is 1. The number of benzene rings is 1. The summed E-state index contributed by atoms with van der Waals surface area (Å²) in [6.45, 7) is 2.50. The van der Waals surface area contributed by atoms with E-state index >= 15 is 0 Å². The summed E-state index contributed by atoms with van der Waals surface area (Å²) in [7, 11) is 0. The van der Waals surface area contributed by atoms with Crippen LogP contribution in [-0.2, 0) is 0 Å². The number of nitrogens with two attached hydrogens (primary N) is 1. The van der Waals surface area contributed by atoms with Gasteiger partial charge in [0.05, 0.1) is 5.56 Å². The lowest BCUT2D eigenvalue weighted by Gasteiger charge is -2.40. The van der Waals surface area contributed by atoms with Crippen molar-refractivity contribution in [3.8, 4) is 5.75 Å². The van der Waals surface area contributed by atoms with Gasteiger partial charge in [0.2, 0.25) is 0 Å². The quantitative estimate of drug-likeness (QED) is 0.877. The Morgan fingerprint density at radius 3 is 2.95 bits per heavy atom. The van der Waals surface area contributed by atoms with Crippen molar-refractivity contribution in [2.45, 2.75) is 38.3 Å². The highest BCUT2D eigenvalue weighted by molar-refractivity contribution is 9.10. The zero-order valence-corrected chi connectivity index (χ0v) is 12.6. The molecule has 1 aromatic rings. The van der Waals surface area contributed by atoms with E-state index in [2.05, 4.69) is 15.9 Å². The first-order chi connectivity index (χ1) is 9.04. The first-order valence-corrected chi connectivity index (χ1v) is 7.35. The Labute approximate surface area is 121 Å². The van der Waals surface area contributed by atoms with Gasteiger partial charge in [-0.3, -0.25) is 4.79 Å². The van der Waals surface area contributed by atoms with Gasteiger partial charge in [0.25, 0.3) is 5.91 Å². The lowest BCUT2D eigenvalue weighted by molar-refractivity contribution is 0.0491. The summed E-state index contributed by atoms with van der Waals surface area (Å²) in [5.74, 6) is -0.122. The molecule has 0 aromatic heterocycles. The molecular formula is C14H19BrN2O2. The maximum Gasteiger partial charge on any atom is 0.258 e. The average Bonchev–Trinajstić information content (AvgIpc) is 2.40. The maximum absolute atomic E-state index is 12.6. The fraction of sp³-hybridized carbons (Fsp3) is 0.500. The van der Waals surface area contributed by atoms with Gasteiger partial charge in [0, 0.05) is 23.1 Å². The van der Waals surface area contributed by atoms with Crippen molar-refractivity contribution in [1.29, 1.82) is 0 Å². The highest BCUT2D eigenvalue weighted by Crippen LogP contribution is 2.28. The number of carbonyl (C=O) groups excluding carboxylic acids is 1. The minimum atomic E-state index is -0.138. The number of rotatable bonds is 2. The molecule has 0 saturated carbocycles. The van der Waals surface area contributed by atoms with Crippen LogP contribution in [0.2, 0.25) is 0 Å². The van der Waals surface area contributed by atoms with Gasteiger partial charge in [-0.05, 0) is 44.4 Å². The molecule has 2 unspecified atom stereocenters. The molecule has 3 N–H and O–H groups in total. The summed E-state index contributed by atoms with van der Waals surface area (Å²) < 4.78 is 0.780. The predicted octanol–water partition coefficient (Wildman–Crippen LogP) is 2.50. The molecule has 0 spiro atoms. The maximum atomic E-state index is 12.6. The number of hydrogen-bond donors (Lipinski definition) is 2. The van der Waals surface area contributed by atoms with Crippen LogP contribution in [0.15, 0.2) is 22.7 Å². The van der Waals surface area contributed by atoms with E-state index in [9.17, 15) is 9.90 Å². The molecule has 104 valence electrons. The molecule has 0 aliphatic carbocycles. The highest BCUT2D eigenvalue weighted by Gasteiger charge is 2.32. The average molecular weight is 327 g/mol. The summed E-state index contributed by atoms with van der Waals surface area (Å²) in [5, 5.41) is 9.88. The van der Waals surface area contributed by atoms with Gasteiger partial charge in [-0.25, -0.2) is 0 Å². The molecule has 2 rings (SSSR count). The summed E-state index contributed by atoms with van der Waals surface area (Å²) >= 11 is 3.33. The van der Waals surface area contributed by atoms with E-state index in [1.165, 1.54) is 6.07 Å². The van der Waals surface area contributed by atoms with Crippen LogP contribution >= 0.6 is 15.9 Å². The summed E-state index contributed by atoms with van der Waals surface area (Å²) in [6.07, 6.45) is 3.01. The number of phenolic OH excluding ortho intramolecular Hbond substituents is 1. The topological polar surface area (TPSA) is 66.6 Å². The van der Waals surface area contributed by atoms with Gasteiger partial charge >= 0.3 is 0 Å². The molecule has 0 radical (unpaired) electrons. The van der Waals surface area contributed by atoms with E-state index in [1.54, 1.807) is 12.1 Å². The Hall–Kier alpha value is -1.07. The number of piperidine rings is 1. The molecular weight excluding hydrogens is 308 g/mol. The Bertz CT molecular complexity index is 479. The lowest BCUT2D eigenvalue weighted by atomic mass is 9.95. The third-order valence-corrected chi connectivity index (χ3v) is 4.22. The van der Waals surface area contributed by atoms with E-state index < -0.39 is 0 Å². The van der Waals surface area contributed by atoms with Crippen molar-refractivity contribution in [2.24, 2.45) is 5.73 Å². The molecule has 1 fully saturated rings. The molecule has 1 saturated heterocycles. The van der Waals surface area contributed by atoms with Crippen LogP contribution in [0.3, 0.4) is 0 Å². The number of phenols is 1. The van der Waals surface area contributed by atoms with Crippen molar-refractivity contribution < 1.29 is 9.90 Å². The van der Waals surface area contributed by atoms with Gasteiger partial charge in [-0.15, -0.1) is 0 Å². The normalized spacial score (nSPS) is 23.4. The fourth-order valence-electron chi connectivity index (χ4n) is 2.70. The van der Waals surface area contributed by atoms with E-state index in [4.69, 9.17) is 5.73 Å². The molecule has 1 amide bonds. The van der Waals surface area contributed by atoms with Crippen LogP contribution < -0.4 is 5.73 Å². The Morgan fingerprint density at radius 1 is 1.53 bits per heavy atom. The third-order valence-electron chi connectivity index (χ3n) is 3.72. The lowest BCUT2D eigenvalue weighted by Crippen LogP contribution is -2.51. The van der Waals surface area contributed by atoms with Crippen molar-refractivity contribution in [3.05, 3.63) is 28.2 Å². The Balaban J connectivity index is 2.33. The molecule has 0 bridgehead atoms. The van der Waals surface area contributed by atoms with Crippen molar-refractivity contribution in [1.82, 2.24) is 4.90 Å². The van der Waals surface area contributed by atoms with Crippen molar-refractivity contribution >= 4 is 21.8 Å². The van der Waals surface area contributed by atoms with Gasteiger partial charge in [0.1, 0.15) is 5.75 Å². The molecule has 1 aliphatic heterocycles. The molecule has 5 heteroatoms. The van der Waals surface area contributed by atoms with Gasteiger partial charge in [-0.1, -0.05) is 15.9 Å². The second-order valence-electron chi connectivity index (χ2n) is 5.04. The molecule has 1 aliphatic rings. The van der Waals surface area contributed by atoms with Crippen molar-refractivity contribution in [2.75, 3.05) is 6.54 Å². The van der Waals surface area contributed by atoms with Gasteiger partial charge < -0.3 is 15.7 Å². The third kappa shape index (κ3) is 2.92. The van der Waals surface area contributed by atoms with Crippen molar-refractivity contribution in [3.63, 3.8) is 0 Å². The minimum absolute atomic E-state index is 0.0155. The number of nitrogens with zero attached hydrogens (tertiary/aromatic N) is 1. The minimum Gasteiger partial charge on any atom is -0.507 e.